The van der Waals surface area contributed by atoms with Gasteiger partial charge in [0.15, 0.2) is 0 Å². The number of nitrogens with zero attached hydrogens (tertiary/aromatic N) is 2. The number of ether oxygens (including phenoxy) is 1. The molecule has 0 atom stereocenters. The number of phenolic OH excluding ortho intramolecular Hbond substituents is 1. The number of esters is 1. The highest BCUT2D eigenvalue weighted by Crippen LogP contribution is 2.27. The van der Waals surface area contributed by atoms with E-state index in [2.05, 4.69) is 4.74 Å². The van der Waals surface area contributed by atoms with Crippen LogP contribution in [-0.2, 0) is 11.3 Å². The normalized spacial score (nSPS) is 15.3. The third-order valence-corrected chi connectivity index (χ3v) is 3.84. The molecule has 6 nitrogen and oxygen atoms in total. The van der Waals surface area contributed by atoms with E-state index in [1.54, 1.807) is 4.90 Å². The number of urea groups is 1. The summed E-state index contributed by atoms with van der Waals surface area (Å²) in [5.41, 5.74) is -0.384. The lowest BCUT2D eigenvalue weighted by Gasteiger charge is -2.31. The summed E-state index contributed by atoms with van der Waals surface area (Å²) in [5.74, 6) is -1.89. The van der Waals surface area contributed by atoms with Gasteiger partial charge in [0.1, 0.15) is 11.6 Å². The molecule has 1 saturated heterocycles. The molecule has 0 aromatic heterocycles. The highest BCUT2D eigenvalue weighted by Gasteiger charge is 2.35. The molecule has 0 saturated carbocycles. The number of methoxy groups -OCH3 is 1. The number of carbonyl (C=O) groups excluding carboxylic acids is 2. The highest BCUT2D eigenvalue weighted by molar-refractivity contribution is 5.90. The van der Waals surface area contributed by atoms with Crippen LogP contribution in [-0.4, -0.2) is 52.6 Å². The minimum Gasteiger partial charge on any atom is -0.508 e. The summed E-state index contributed by atoms with van der Waals surface area (Å²) in [7, 11) is 1.14. The summed E-state index contributed by atoms with van der Waals surface area (Å²) in [6.07, 6.45) is 0. The van der Waals surface area contributed by atoms with Crippen LogP contribution in [0.2, 0.25) is 0 Å². The average molecular weight is 324 g/mol. The summed E-state index contributed by atoms with van der Waals surface area (Å²) in [6.45, 7) is 6.97. The van der Waals surface area contributed by atoms with Crippen molar-refractivity contribution in [2.24, 2.45) is 0 Å². The van der Waals surface area contributed by atoms with E-state index in [1.807, 2.05) is 20.8 Å². The Kier molecular flexibility index (Phi) is 4.49. The van der Waals surface area contributed by atoms with E-state index >= 15 is 0 Å². The zero-order chi connectivity index (χ0) is 17.4. The van der Waals surface area contributed by atoms with Gasteiger partial charge in [-0.2, -0.15) is 0 Å². The van der Waals surface area contributed by atoms with E-state index in [4.69, 9.17) is 0 Å². The van der Waals surface area contributed by atoms with Crippen molar-refractivity contribution in [3.63, 3.8) is 0 Å². The molecule has 7 heteroatoms. The number of hydrogen-bond acceptors (Lipinski definition) is 4. The van der Waals surface area contributed by atoms with Crippen molar-refractivity contribution in [1.82, 2.24) is 9.80 Å². The van der Waals surface area contributed by atoms with Gasteiger partial charge in [-0.1, -0.05) is 0 Å². The number of hydrogen-bond donors (Lipinski definition) is 1. The molecule has 1 aliphatic heterocycles. The minimum atomic E-state index is -0.861. The number of aromatic hydroxyl groups is 1. The lowest BCUT2D eigenvalue weighted by atomic mass is 10.1. The van der Waals surface area contributed by atoms with Crippen LogP contribution in [0, 0.1) is 5.82 Å². The van der Waals surface area contributed by atoms with E-state index < -0.39 is 11.8 Å². The number of carbonyl (C=O) groups is 2. The van der Waals surface area contributed by atoms with Gasteiger partial charge in [0.2, 0.25) is 0 Å². The molecular formula is C16H21FN2O4. The Hall–Kier alpha value is -2.31. The fourth-order valence-corrected chi connectivity index (χ4v) is 2.55. The molecule has 2 rings (SSSR count). The summed E-state index contributed by atoms with van der Waals surface area (Å²) in [5, 5.41) is 10.0. The first-order valence-electron chi connectivity index (χ1n) is 7.31. The van der Waals surface area contributed by atoms with E-state index in [0.29, 0.717) is 13.1 Å². The quantitative estimate of drug-likeness (QED) is 0.867. The standard InChI is InChI=1S/C16H21FN2O4/c1-16(2,3)19-6-5-18(15(19)22)9-10-7-12(17)11(8-13(10)20)14(21)23-4/h7-8,20H,5-6,9H2,1-4H3. The number of rotatable bonds is 3. The van der Waals surface area contributed by atoms with Crippen LogP contribution in [0.4, 0.5) is 9.18 Å². The zero-order valence-corrected chi connectivity index (χ0v) is 13.7. The van der Waals surface area contributed by atoms with Gasteiger partial charge in [-0.25, -0.2) is 14.0 Å². The van der Waals surface area contributed by atoms with Crippen LogP contribution in [0.5, 0.6) is 5.75 Å². The molecule has 0 radical (unpaired) electrons. The fraction of sp³-hybridized carbons (Fsp3) is 0.500. The summed E-state index contributed by atoms with van der Waals surface area (Å²) in [4.78, 5) is 27.0. The van der Waals surface area contributed by atoms with Crippen molar-refractivity contribution in [3.8, 4) is 5.75 Å². The van der Waals surface area contributed by atoms with Gasteiger partial charge in [-0.05, 0) is 32.9 Å². The largest absolute Gasteiger partial charge is 0.508 e. The van der Waals surface area contributed by atoms with Crippen molar-refractivity contribution < 1.29 is 23.8 Å². The van der Waals surface area contributed by atoms with Crippen molar-refractivity contribution in [1.29, 1.82) is 0 Å². The van der Waals surface area contributed by atoms with Crippen molar-refractivity contribution in [2.45, 2.75) is 32.9 Å². The van der Waals surface area contributed by atoms with Gasteiger partial charge < -0.3 is 19.6 Å². The molecular weight excluding hydrogens is 303 g/mol. The number of phenols is 1. The molecule has 1 fully saturated rings. The third kappa shape index (κ3) is 3.38. The second-order valence-electron chi connectivity index (χ2n) is 6.48. The molecule has 0 unspecified atom stereocenters. The molecule has 23 heavy (non-hydrogen) atoms. The molecule has 0 spiro atoms. The minimum absolute atomic E-state index is 0.0790. The maximum absolute atomic E-state index is 14.0. The van der Waals surface area contributed by atoms with Gasteiger partial charge in [0.05, 0.1) is 19.2 Å². The molecule has 1 N–H and O–H groups in total. The molecule has 1 heterocycles. The van der Waals surface area contributed by atoms with Gasteiger partial charge >= 0.3 is 12.0 Å². The van der Waals surface area contributed by atoms with Gasteiger partial charge in [-0.15, -0.1) is 0 Å². The van der Waals surface area contributed by atoms with Crippen LogP contribution in [0.3, 0.4) is 0 Å². The summed E-state index contributed by atoms with van der Waals surface area (Å²) in [6, 6.07) is 1.93. The lowest BCUT2D eigenvalue weighted by Crippen LogP contribution is -2.44. The van der Waals surface area contributed by atoms with Crippen molar-refractivity contribution >= 4 is 12.0 Å². The Morgan fingerprint density at radius 2 is 2.00 bits per heavy atom. The Labute approximate surface area is 134 Å². The molecule has 1 aromatic carbocycles. The topological polar surface area (TPSA) is 70.1 Å². The number of halogens is 1. The third-order valence-electron chi connectivity index (χ3n) is 3.84. The Bertz CT molecular complexity index is 640. The first-order valence-corrected chi connectivity index (χ1v) is 7.31. The monoisotopic (exact) mass is 324 g/mol. The molecule has 1 aliphatic rings. The molecule has 126 valence electrons. The predicted molar refractivity (Wildman–Crippen MR) is 81.7 cm³/mol. The first kappa shape index (κ1) is 17.1. The molecule has 2 amide bonds. The Balaban J connectivity index is 2.20. The lowest BCUT2D eigenvalue weighted by molar-refractivity contribution is 0.0594. The van der Waals surface area contributed by atoms with Gasteiger partial charge in [-0.3, -0.25) is 0 Å². The second kappa shape index (κ2) is 6.06. The Morgan fingerprint density at radius 3 is 2.52 bits per heavy atom. The van der Waals surface area contributed by atoms with E-state index in [0.717, 1.165) is 19.2 Å². The molecule has 0 aliphatic carbocycles. The maximum Gasteiger partial charge on any atom is 0.340 e. The van der Waals surface area contributed by atoms with Crippen molar-refractivity contribution in [3.05, 3.63) is 29.1 Å². The summed E-state index contributed by atoms with van der Waals surface area (Å²) >= 11 is 0. The van der Waals surface area contributed by atoms with Crippen LogP contribution >= 0.6 is 0 Å². The highest BCUT2D eigenvalue weighted by atomic mass is 19.1. The van der Waals surface area contributed by atoms with Crippen LogP contribution in [0.1, 0.15) is 36.7 Å². The summed E-state index contributed by atoms with van der Waals surface area (Å²) < 4.78 is 18.4. The number of amides is 2. The zero-order valence-electron chi connectivity index (χ0n) is 13.7. The van der Waals surface area contributed by atoms with Crippen LogP contribution < -0.4 is 0 Å². The molecule has 0 bridgehead atoms. The van der Waals surface area contributed by atoms with Crippen molar-refractivity contribution in [2.75, 3.05) is 20.2 Å². The average Bonchev–Trinajstić information content (AvgIpc) is 2.83. The maximum atomic E-state index is 14.0. The van der Waals surface area contributed by atoms with Gasteiger partial charge in [0, 0.05) is 24.2 Å². The smallest absolute Gasteiger partial charge is 0.340 e. The number of benzene rings is 1. The van der Waals surface area contributed by atoms with E-state index in [9.17, 15) is 19.1 Å². The Morgan fingerprint density at radius 1 is 1.35 bits per heavy atom. The second-order valence-corrected chi connectivity index (χ2v) is 6.48. The van der Waals surface area contributed by atoms with Crippen LogP contribution in [0.25, 0.3) is 0 Å². The predicted octanol–water partition coefficient (Wildman–Crippen LogP) is 2.35. The molecule has 1 aromatic rings. The van der Waals surface area contributed by atoms with Crippen LogP contribution in [0.15, 0.2) is 12.1 Å². The SMILES string of the molecule is COC(=O)c1cc(O)c(CN2CCN(C(C)(C)C)C2=O)cc1F. The first-order chi connectivity index (χ1) is 10.6. The van der Waals surface area contributed by atoms with Gasteiger partial charge in [0.25, 0.3) is 0 Å². The van der Waals surface area contributed by atoms with E-state index in [-0.39, 0.29) is 35.0 Å². The fourth-order valence-electron chi connectivity index (χ4n) is 2.55. The van der Waals surface area contributed by atoms with E-state index in [1.165, 1.54) is 4.90 Å².